The van der Waals surface area contributed by atoms with Crippen LogP contribution in [0.5, 0.6) is 0 Å². The molecule has 0 unspecified atom stereocenters. The molecule has 1 amide bonds. The van der Waals surface area contributed by atoms with Gasteiger partial charge in [0.15, 0.2) is 5.84 Å². The van der Waals surface area contributed by atoms with Crippen molar-refractivity contribution in [3.63, 3.8) is 0 Å². The zero-order chi connectivity index (χ0) is 19.0. The molecule has 3 aliphatic rings. The van der Waals surface area contributed by atoms with E-state index in [1.165, 1.54) is 54.2 Å². The van der Waals surface area contributed by atoms with Crippen LogP contribution in [-0.4, -0.2) is 31.9 Å². The van der Waals surface area contributed by atoms with E-state index < -0.39 is 10.8 Å². The lowest BCUT2D eigenvalue weighted by molar-refractivity contribution is -0.384. The number of amidine groups is 2. The van der Waals surface area contributed by atoms with Gasteiger partial charge < -0.3 is 0 Å². The Hall–Kier alpha value is -2.81. The van der Waals surface area contributed by atoms with Gasteiger partial charge >= 0.3 is 0 Å². The summed E-state index contributed by atoms with van der Waals surface area (Å²) in [6.45, 7) is 0. The van der Waals surface area contributed by atoms with E-state index >= 15 is 0 Å². The summed E-state index contributed by atoms with van der Waals surface area (Å²) in [6.07, 6.45) is 7.19. The molecule has 138 valence electrons. The number of thioether (sulfide) groups is 1. The van der Waals surface area contributed by atoms with Crippen LogP contribution in [0.2, 0.25) is 0 Å². The van der Waals surface area contributed by atoms with Crippen LogP contribution in [0.25, 0.3) is 6.08 Å². The highest BCUT2D eigenvalue weighted by molar-refractivity contribution is 8.27. The molecular weight excluding hydrogens is 366 g/mol. The first-order chi connectivity index (χ1) is 13.0. The van der Waals surface area contributed by atoms with Crippen molar-refractivity contribution < 1.29 is 9.72 Å². The predicted molar refractivity (Wildman–Crippen MR) is 105 cm³/mol. The molecule has 1 aromatic rings. The van der Waals surface area contributed by atoms with Gasteiger partial charge in [0.25, 0.3) is 11.6 Å². The Bertz CT molecular complexity index is 931. The third-order valence-electron chi connectivity index (χ3n) is 4.82. The maximum atomic E-state index is 12.4. The lowest BCUT2D eigenvalue weighted by Crippen LogP contribution is -2.35. The van der Waals surface area contributed by atoms with Crippen molar-refractivity contribution in [1.29, 1.82) is 5.41 Å². The minimum absolute atomic E-state index is 0.0465. The van der Waals surface area contributed by atoms with Gasteiger partial charge in [0, 0.05) is 18.1 Å². The Morgan fingerprint density at radius 2 is 2.07 bits per heavy atom. The predicted octanol–water partition coefficient (Wildman–Crippen LogP) is 3.79. The lowest BCUT2D eigenvalue weighted by atomic mass is 9.90. The zero-order valence-electron chi connectivity index (χ0n) is 14.4. The maximum absolute atomic E-state index is 12.4. The Morgan fingerprint density at radius 1 is 1.30 bits per heavy atom. The summed E-state index contributed by atoms with van der Waals surface area (Å²) in [6, 6.07) is 5.93. The summed E-state index contributed by atoms with van der Waals surface area (Å²) in [7, 11) is 0. The molecule has 0 radical (unpaired) electrons. The van der Waals surface area contributed by atoms with Gasteiger partial charge in [-0.3, -0.25) is 20.3 Å². The Balaban J connectivity index is 1.63. The molecule has 0 bridgehead atoms. The highest BCUT2D eigenvalue weighted by Gasteiger charge is 2.37. The fraction of sp³-hybridized carbons (Fsp3) is 0.333. The van der Waals surface area contributed by atoms with Gasteiger partial charge in [-0.05, 0) is 36.2 Å². The molecule has 2 aliphatic heterocycles. The van der Waals surface area contributed by atoms with Crippen LogP contribution in [0, 0.1) is 21.4 Å². The van der Waals surface area contributed by atoms with Crippen LogP contribution in [0.4, 0.5) is 5.69 Å². The Morgan fingerprint density at radius 3 is 2.81 bits per heavy atom. The van der Waals surface area contributed by atoms with Gasteiger partial charge in [-0.2, -0.15) is 15.1 Å². The Labute approximate surface area is 159 Å². The van der Waals surface area contributed by atoms with Gasteiger partial charge in [-0.1, -0.05) is 31.4 Å². The number of nitro groups is 1. The molecule has 1 N–H and O–H groups in total. The van der Waals surface area contributed by atoms with Crippen molar-refractivity contribution >= 4 is 45.5 Å². The molecule has 1 aliphatic carbocycles. The monoisotopic (exact) mass is 383 g/mol. The number of benzene rings is 1. The first-order valence-electron chi connectivity index (χ1n) is 8.77. The number of carbonyl (C=O) groups is 1. The molecule has 0 atom stereocenters. The van der Waals surface area contributed by atoms with E-state index in [0.717, 1.165) is 17.9 Å². The van der Waals surface area contributed by atoms with E-state index in [2.05, 4.69) is 10.1 Å². The zero-order valence-corrected chi connectivity index (χ0v) is 15.2. The van der Waals surface area contributed by atoms with E-state index in [-0.39, 0.29) is 17.1 Å². The minimum atomic E-state index is -0.523. The number of hydrogen-bond donors (Lipinski definition) is 1. The second-order valence-corrected chi connectivity index (χ2v) is 7.63. The van der Waals surface area contributed by atoms with E-state index in [4.69, 9.17) is 5.41 Å². The number of nitrogens with zero attached hydrogens (tertiary/aromatic N) is 4. The van der Waals surface area contributed by atoms with Gasteiger partial charge in [0.05, 0.1) is 10.5 Å². The number of rotatable bonds is 3. The van der Waals surface area contributed by atoms with E-state index in [1.54, 1.807) is 12.1 Å². The first-order valence-corrected chi connectivity index (χ1v) is 9.59. The van der Waals surface area contributed by atoms with Gasteiger partial charge in [-0.15, -0.1) is 0 Å². The second kappa shape index (κ2) is 7.07. The molecule has 1 aromatic carbocycles. The molecule has 0 spiro atoms. The van der Waals surface area contributed by atoms with Crippen LogP contribution in [0.1, 0.15) is 37.7 Å². The fourth-order valence-corrected chi connectivity index (χ4v) is 4.48. The highest BCUT2D eigenvalue weighted by atomic mass is 32.2. The normalized spacial score (nSPS) is 21.9. The summed E-state index contributed by atoms with van der Waals surface area (Å²) in [5.41, 5.74) is 0.477. The number of aliphatic imine (C=N–C) groups is 1. The SMILES string of the molecule is N=C1/C(=C/c2cccc([N+](=O)[O-])c2)C(=O)N=C2SC(C3CCCCC3)=NN12. The number of amides is 1. The molecular formula is C18H17N5O3S. The number of carbonyl (C=O) groups excluding carboxylic acids is 1. The van der Waals surface area contributed by atoms with E-state index in [1.807, 2.05) is 0 Å². The van der Waals surface area contributed by atoms with Crippen LogP contribution in [-0.2, 0) is 4.79 Å². The first kappa shape index (κ1) is 17.6. The summed E-state index contributed by atoms with van der Waals surface area (Å²) < 4.78 is 0. The van der Waals surface area contributed by atoms with Crippen molar-refractivity contribution in [2.24, 2.45) is 16.0 Å². The van der Waals surface area contributed by atoms with Gasteiger partial charge in [0.1, 0.15) is 5.04 Å². The summed E-state index contributed by atoms with van der Waals surface area (Å²) >= 11 is 1.37. The number of hydrogen-bond acceptors (Lipinski definition) is 6. The standard InChI is InChI=1S/C18H17N5O3S/c19-15-14(10-11-5-4-8-13(9-11)23(25)26)16(24)20-18-22(15)21-17(27-18)12-6-2-1-3-7-12/h4-5,8-10,12,19H,1-3,6-7H2/b14-10-,19-15?. The smallest absolute Gasteiger partial charge is 0.282 e. The molecule has 27 heavy (non-hydrogen) atoms. The second-order valence-electron chi connectivity index (χ2n) is 6.65. The Kier molecular flexibility index (Phi) is 4.61. The third kappa shape index (κ3) is 3.42. The number of nitrogens with one attached hydrogen (secondary N) is 1. The molecule has 8 nitrogen and oxygen atoms in total. The van der Waals surface area contributed by atoms with Gasteiger partial charge in [0.2, 0.25) is 5.17 Å². The van der Waals surface area contributed by atoms with Crippen LogP contribution in [0.15, 0.2) is 39.9 Å². The largest absolute Gasteiger partial charge is 0.283 e. The highest BCUT2D eigenvalue weighted by Crippen LogP contribution is 2.36. The average Bonchev–Trinajstić information content (AvgIpc) is 3.10. The molecule has 0 saturated heterocycles. The molecule has 0 aromatic heterocycles. The molecule has 9 heteroatoms. The summed E-state index contributed by atoms with van der Waals surface area (Å²) in [4.78, 5) is 27.0. The number of non-ortho nitro benzene ring substituents is 1. The summed E-state index contributed by atoms with van der Waals surface area (Å²) in [5.74, 6) is -0.204. The number of hydrazone groups is 1. The van der Waals surface area contributed by atoms with E-state index in [0.29, 0.717) is 16.6 Å². The van der Waals surface area contributed by atoms with Crippen molar-refractivity contribution in [3.8, 4) is 0 Å². The van der Waals surface area contributed by atoms with Crippen LogP contribution in [0.3, 0.4) is 0 Å². The number of nitro benzene ring substituents is 1. The quantitative estimate of drug-likeness (QED) is 0.485. The topological polar surface area (TPSA) is 112 Å². The fourth-order valence-electron chi connectivity index (χ4n) is 3.42. The van der Waals surface area contributed by atoms with Crippen LogP contribution < -0.4 is 0 Å². The van der Waals surface area contributed by atoms with Gasteiger partial charge in [-0.25, -0.2) is 0 Å². The third-order valence-corrected chi connectivity index (χ3v) is 5.89. The lowest BCUT2D eigenvalue weighted by Gasteiger charge is -2.20. The van der Waals surface area contributed by atoms with Crippen molar-refractivity contribution in [2.75, 3.05) is 0 Å². The maximum Gasteiger partial charge on any atom is 0.283 e. The minimum Gasteiger partial charge on any atom is -0.282 e. The van der Waals surface area contributed by atoms with Crippen molar-refractivity contribution in [2.45, 2.75) is 32.1 Å². The van der Waals surface area contributed by atoms with Crippen molar-refractivity contribution in [1.82, 2.24) is 5.01 Å². The number of fused-ring (bicyclic) bond motifs is 1. The van der Waals surface area contributed by atoms with E-state index in [9.17, 15) is 14.9 Å². The summed E-state index contributed by atoms with van der Waals surface area (Å²) in [5, 5.41) is 26.6. The average molecular weight is 383 g/mol. The van der Waals surface area contributed by atoms with Crippen molar-refractivity contribution in [3.05, 3.63) is 45.5 Å². The molecule has 1 saturated carbocycles. The molecule has 1 fully saturated rings. The molecule has 4 rings (SSSR count). The molecule has 2 heterocycles. The van der Waals surface area contributed by atoms with Crippen LogP contribution >= 0.6 is 11.8 Å².